The summed E-state index contributed by atoms with van der Waals surface area (Å²) >= 11 is 0. The summed E-state index contributed by atoms with van der Waals surface area (Å²) in [7, 11) is -0.0180. The highest BCUT2D eigenvalue weighted by molar-refractivity contribution is 7.10. The van der Waals surface area contributed by atoms with Gasteiger partial charge in [-0.1, -0.05) is 104 Å². The van der Waals surface area contributed by atoms with Crippen LogP contribution in [0.5, 0.6) is 0 Å². The summed E-state index contributed by atoms with van der Waals surface area (Å²) in [4.78, 5) is 0. The van der Waals surface area contributed by atoms with Gasteiger partial charge in [-0.25, -0.2) is 0 Å². The van der Waals surface area contributed by atoms with Crippen molar-refractivity contribution in [1.29, 1.82) is 0 Å². The van der Waals surface area contributed by atoms with Gasteiger partial charge in [0.25, 0.3) is 0 Å². The number of hydrogen-bond acceptors (Lipinski definition) is 1. The third kappa shape index (κ3) is 3.65. The van der Waals surface area contributed by atoms with Gasteiger partial charge in [0.05, 0.1) is 5.56 Å². The number of pyridine rings is 1. The van der Waals surface area contributed by atoms with Gasteiger partial charge in [0.1, 0.15) is 26.3 Å². The van der Waals surface area contributed by atoms with Crippen molar-refractivity contribution in [3.8, 4) is 11.3 Å². The SMILES string of the molecule is Cc1ccc2c(oc3ccccc32)c1-c1cc(C)c2cc([Si](C)(c3ccccc3)c3ccccc3)ccc2[n+]1C. The van der Waals surface area contributed by atoms with E-state index in [0.29, 0.717) is 0 Å². The Balaban J connectivity index is 1.46. The summed E-state index contributed by atoms with van der Waals surface area (Å²) in [6.07, 6.45) is 0. The first-order valence-electron chi connectivity index (χ1n) is 13.9. The average Bonchev–Trinajstić information content (AvgIpc) is 3.38. The monoisotopic (exact) mass is 534 g/mol. The maximum atomic E-state index is 6.48. The van der Waals surface area contributed by atoms with E-state index in [0.717, 1.165) is 27.5 Å². The zero-order valence-electron chi connectivity index (χ0n) is 23.4. The largest absolute Gasteiger partial charge is 0.455 e. The first kappa shape index (κ1) is 24.6. The standard InChI is InChI=1S/C37H32NOSi/c1-25-19-21-31-30-17-11-12-18-35(30)39-37(31)36(25)34-23-26(2)32-24-29(20-22-33(32)38(34)3)40(4,27-13-7-5-8-14-27)28-15-9-6-10-16-28/h5-24H,1-4H3/q+1. The Morgan fingerprint density at radius 3 is 1.93 bits per heavy atom. The van der Waals surface area contributed by atoms with Crippen LogP contribution in [0.2, 0.25) is 6.55 Å². The highest BCUT2D eigenvalue weighted by atomic mass is 28.3. The normalized spacial score (nSPS) is 12.0. The second kappa shape index (κ2) is 9.32. The second-order valence-electron chi connectivity index (χ2n) is 11.1. The molecule has 0 radical (unpaired) electrons. The first-order chi connectivity index (χ1) is 19.5. The topological polar surface area (TPSA) is 17.0 Å². The molecule has 0 atom stereocenters. The van der Waals surface area contributed by atoms with E-state index in [-0.39, 0.29) is 0 Å². The molecule has 0 saturated carbocycles. The van der Waals surface area contributed by atoms with E-state index in [4.69, 9.17) is 4.42 Å². The fourth-order valence-corrected chi connectivity index (χ4v) is 10.0. The lowest BCUT2D eigenvalue weighted by molar-refractivity contribution is -0.633. The zero-order valence-corrected chi connectivity index (χ0v) is 24.4. The number of para-hydroxylation sites is 1. The number of rotatable bonds is 4. The molecule has 0 bridgehead atoms. The molecule has 5 aromatic carbocycles. The van der Waals surface area contributed by atoms with Crippen molar-refractivity contribution in [3.63, 3.8) is 0 Å². The van der Waals surface area contributed by atoms with Crippen LogP contribution in [0.4, 0.5) is 0 Å². The van der Waals surface area contributed by atoms with Crippen LogP contribution in [0, 0.1) is 13.8 Å². The Bertz CT molecular complexity index is 2000. The Morgan fingerprint density at radius 1 is 0.575 bits per heavy atom. The van der Waals surface area contributed by atoms with Crippen molar-refractivity contribution in [2.24, 2.45) is 7.05 Å². The molecular weight excluding hydrogens is 502 g/mol. The van der Waals surface area contributed by atoms with Crippen LogP contribution < -0.4 is 20.1 Å². The minimum atomic E-state index is -2.20. The number of furan rings is 1. The molecule has 7 aromatic rings. The van der Waals surface area contributed by atoms with Crippen molar-refractivity contribution < 1.29 is 8.98 Å². The Kier molecular flexibility index (Phi) is 5.72. The highest BCUT2D eigenvalue weighted by Crippen LogP contribution is 2.37. The van der Waals surface area contributed by atoms with Gasteiger partial charge in [0.15, 0.2) is 0 Å². The van der Waals surface area contributed by atoms with Crippen LogP contribution >= 0.6 is 0 Å². The summed E-state index contributed by atoms with van der Waals surface area (Å²) in [6, 6.07) is 44.3. The molecule has 7 rings (SSSR count). The third-order valence-electron chi connectivity index (χ3n) is 8.79. The van der Waals surface area contributed by atoms with Gasteiger partial charge in [-0.2, -0.15) is 4.57 Å². The summed E-state index contributed by atoms with van der Waals surface area (Å²) in [6.45, 7) is 6.91. The van der Waals surface area contributed by atoms with Crippen LogP contribution in [-0.4, -0.2) is 8.07 Å². The number of nitrogens with zero attached hydrogens (tertiary/aromatic N) is 1. The van der Waals surface area contributed by atoms with Gasteiger partial charge < -0.3 is 4.42 Å². The van der Waals surface area contributed by atoms with Gasteiger partial charge in [-0.3, -0.25) is 0 Å². The highest BCUT2D eigenvalue weighted by Gasteiger charge is 2.35. The van der Waals surface area contributed by atoms with Crippen LogP contribution in [0.15, 0.2) is 126 Å². The maximum absolute atomic E-state index is 6.48. The number of benzene rings is 5. The maximum Gasteiger partial charge on any atom is 0.217 e. The minimum Gasteiger partial charge on any atom is -0.455 e. The Morgan fingerprint density at radius 2 is 1.23 bits per heavy atom. The van der Waals surface area contributed by atoms with Crippen molar-refractivity contribution in [1.82, 2.24) is 0 Å². The summed E-state index contributed by atoms with van der Waals surface area (Å²) in [5, 5.41) is 7.89. The van der Waals surface area contributed by atoms with Gasteiger partial charge in [0, 0.05) is 28.3 Å². The second-order valence-corrected chi connectivity index (χ2v) is 15.1. The molecule has 0 unspecified atom stereocenters. The quantitative estimate of drug-likeness (QED) is 0.136. The van der Waals surface area contributed by atoms with Crippen molar-refractivity contribution in [2.75, 3.05) is 0 Å². The predicted molar refractivity (Wildman–Crippen MR) is 171 cm³/mol. The molecule has 40 heavy (non-hydrogen) atoms. The third-order valence-corrected chi connectivity index (χ3v) is 13.2. The van der Waals surface area contributed by atoms with Gasteiger partial charge in [0.2, 0.25) is 11.2 Å². The lowest BCUT2D eigenvalue weighted by Gasteiger charge is -2.29. The van der Waals surface area contributed by atoms with Crippen molar-refractivity contribution >= 4 is 56.5 Å². The van der Waals surface area contributed by atoms with Gasteiger partial charge >= 0.3 is 0 Å². The van der Waals surface area contributed by atoms with E-state index in [9.17, 15) is 0 Å². The van der Waals surface area contributed by atoms with Gasteiger partial charge in [-0.15, -0.1) is 0 Å². The molecule has 0 N–H and O–H groups in total. The van der Waals surface area contributed by atoms with Crippen LogP contribution in [0.3, 0.4) is 0 Å². The van der Waals surface area contributed by atoms with E-state index in [2.05, 4.69) is 147 Å². The smallest absolute Gasteiger partial charge is 0.217 e. The molecule has 0 aliphatic heterocycles. The van der Waals surface area contributed by atoms with Crippen LogP contribution in [0.1, 0.15) is 11.1 Å². The summed E-state index contributed by atoms with van der Waals surface area (Å²) in [5.74, 6) is 0. The van der Waals surface area contributed by atoms with E-state index in [1.54, 1.807) is 0 Å². The summed E-state index contributed by atoms with van der Waals surface area (Å²) < 4.78 is 8.82. The van der Waals surface area contributed by atoms with E-state index >= 15 is 0 Å². The Hall–Kier alpha value is -4.47. The zero-order chi connectivity index (χ0) is 27.4. The minimum absolute atomic E-state index is 0.931. The number of aromatic nitrogens is 1. The molecular formula is C37H32NOSi+. The Labute approximate surface area is 236 Å². The van der Waals surface area contributed by atoms with E-state index in [1.807, 2.05) is 6.07 Å². The molecule has 2 heterocycles. The molecule has 3 heteroatoms. The molecule has 0 saturated heterocycles. The molecule has 2 aromatic heterocycles. The molecule has 0 fully saturated rings. The van der Waals surface area contributed by atoms with E-state index in [1.165, 1.54) is 43.3 Å². The molecule has 0 aliphatic rings. The van der Waals surface area contributed by atoms with Gasteiger partial charge in [-0.05, 0) is 52.7 Å². The molecule has 2 nitrogen and oxygen atoms in total. The number of hydrogen-bond donors (Lipinski definition) is 0. The molecule has 0 amide bonds. The van der Waals surface area contributed by atoms with Crippen molar-refractivity contribution in [2.45, 2.75) is 20.4 Å². The predicted octanol–water partition coefficient (Wildman–Crippen LogP) is 6.95. The molecule has 194 valence electrons. The molecule has 0 spiro atoms. The van der Waals surface area contributed by atoms with Crippen LogP contribution in [-0.2, 0) is 7.05 Å². The lowest BCUT2D eigenvalue weighted by Crippen LogP contribution is -2.64. The summed E-state index contributed by atoms with van der Waals surface area (Å²) in [5.41, 5.74) is 7.94. The van der Waals surface area contributed by atoms with Crippen molar-refractivity contribution in [3.05, 3.63) is 132 Å². The van der Waals surface area contributed by atoms with Crippen LogP contribution in [0.25, 0.3) is 44.1 Å². The average molecular weight is 535 g/mol. The van der Waals surface area contributed by atoms with E-state index < -0.39 is 8.07 Å². The molecule has 0 aliphatic carbocycles. The number of aryl methyl sites for hydroxylation is 3. The first-order valence-corrected chi connectivity index (χ1v) is 16.4. The fraction of sp³-hybridized carbons (Fsp3) is 0.108. The fourth-order valence-electron chi connectivity index (χ4n) is 6.45. The lowest BCUT2D eigenvalue weighted by atomic mass is 9.98. The number of fused-ring (bicyclic) bond motifs is 4.